The molecule has 0 saturated carbocycles. The number of hydrogen-bond donors (Lipinski definition) is 2. The van der Waals surface area contributed by atoms with Crippen molar-refractivity contribution in [1.82, 2.24) is 20.4 Å². The fourth-order valence-corrected chi connectivity index (χ4v) is 5.89. The summed E-state index contributed by atoms with van der Waals surface area (Å²) in [7, 11) is 3.88. The van der Waals surface area contributed by atoms with Gasteiger partial charge in [0.2, 0.25) is 11.8 Å². The summed E-state index contributed by atoms with van der Waals surface area (Å²) in [5.74, 6) is 2.47. The molecule has 2 amide bonds. The fraction of sp³-hybridized carbons (Fsp3) is 0.667. The molecule has 50 heavy (non-hydrogen) atoms. The van der Waals surface area contributed by atoms with Gasteiger partial charge in [0.05, 0.1) is 13.2 Å². The predicted octanol–water partition coefficient (Wildman–Crippen LogP) is 8.52. The monoisotopic (exact) mass is 695 g/mol. The molecule has 0 saturated heterocycles. The third-order valence-corrected chi connectivity index (χ3v) is 9.08. The molecule has 8 nitrogen and oxygen atoms in total. The summed E-state index contributed by atoms with van der Waals surface area (Å²) in [4.78, 5) is 28.9. The second kappa shape index (κ2) is 28.6. The van der Waals surface area contributed by atoms with Crippen LogP contribution in [0.1, 0.15) is 128 Å². The molecular formula is C42H70N4O4. The highest BCUT2D eigenvalue weighted by Gasteiger charge is 2.10. The molecule has 0 bridgehead atoms. The smallest absolute Gasteiger partial charge is 0.222 e. The summed E-state index contributed by atoms with van der Waals surface area (Å²) >= 11 is 0. The third kappa shape index (κ3) is 19.9. The summed E-state index contributed by atoms with van der Waals surface area (Å²) in [6, 6.07) is 16.5. The van der Waals surface area contributed by atoms with Gasteiger partial charge in [-0.05, 0) is 76.6 Å². The van der Waals surface area contributed by atoms with Crippen LogP contribution in [0.2, 0.25) is 0 Å². The highest BCUT2D eigenvalue weighted by atomic mass is 16.5. The van der Waals surface area contributed by atoms with Crippen LogP contribution in [0, 0.1) is 0 Å². The molecule has 0 aliphatic carbocycles. The Morgan fingerprint density at radius 2 is 0.920 bits per heavy atom. The van der Waals surface area contributed by atoms with E-state index in [0.29, 0.717) is 12.8 Å². The van der Waals surface area contributed by atoms with Crippen molar-refractivity contribution < 1.29 is 19.1 Å². The molecule has 0 aliphatic rings. The normalized spacial score (nSPS) is 11.0. The largest absolute Gasteiger partial charge is 0.493 e. The van der Waals surface area contributed by atoms with Crippen LogP contribution in [-0.4, -0.2) is 75.1 Å². The van der Waals surface area contributed by atoms with E-state index in [9.17, 15) is 9.59 Å². The first-order valence-electron chi connectivity index (χ1n) is 19.8. The maximum Gasteiger partial charge on any atom is 0.222 e. The molecule has 0 unspecified atom stereocenters. The minimum atomic E-state index is 0.263. The number of amides is 2. The van der Waals surface area contributed by atoms with Gasteiger partial charge in [0, 0.05) is 64.2 Å². The molecule has 0 aliphatic heterocycles. The van der Waals surface area contributed by atoms with Crippen LogP contribution >= 0.6 is 0 Å². The second-order valence-corrected chi connectivity index (χ2v) is 13.6. The zero-order valence-corrected chi connectivity index (χ0v) is 32.1. The average molecular weight is 695 g/mol. The minimum absolute atomic E-state index is 0.263. The average Bonchev–Trinajstić information content (AvgIpc) is 3.13. The van der Waals surface area contributed by atoms with Crippen molar-refractivity contribution in [3.05, 3.63) is 59.7 Å². The number of nitrogens with one attached hydrogen (secondary N) is 2. The van der Waals surface area contributed by atoms with E-state index >= 15 is 0 Å². The van der Waals surface area contributed by atoms with E-state index in [-0.39, 0.29) is 11.8 Å². The van der Waals surface area contributed by atoms with Crippen molar-refractivity contribution in [2.24, 2.45) is 0 Å². The van der Waals surface area contributed by atoms with Crippen LogP contribution in [0.5, 0.6) is 11.5 Å². The maximum absolute atomic E-state index is 12.5. The van der Waals surface area contributed by atoms with Crippen molar-refractivity contribution in [3.8, 4) is 11.5 Å². The molecular weight excluding hydrogens is 624 g/mol. The summed E-state index contributed by atoms with van der Waals surface area (Å²) in [6.45, 7) is 10.9. The van der Waals surface area contributed by atoms with Gasteiger partial charge in [0.15, 0.2) is 0 Å². The zero-order valence-electron chi connectivity index (χ0n) is 32.1. The number of hydrogen-bond acceptors (Lipinski definition) is 6. The Kier molecular flexibility index (Phi) is 24.6. The van der Waals surface area contributed by atoms with E-state index < -0.39 is 0 Å². The molecule has 0 aromatic heterocycles. The molecule has 8 heteroatoms. The van der Waals surface area contributed by atoms with Gasteiger partial charge in [-0.15, -0.1) is 0 Å². The number of ether oxygens (including phenoxy) is 2. The topological polar surface area (TPSA) is 83.1 Å². The van der Waals surface area contributed by atoms with E-state index in [1.807, 2.05) is 48.2 Å². The number of nitrogens with zero attached hydrogens (tertiary/aromatic N) is 2. The summed E-state index contributed by atoms with van der Waals surface area (Å²) in [6.07, 6.45) is 16.2. The van der Waals surface area contributed by atoms with E-state index in [1.54, 1.807) is 0 Å². The molecule has 2 rings (SSSR count). The molecule has 0 fully saturated rings. The van der Waals surface area contributed by atoms with Gasteiger partial charge in [-0.2, -0.15) is 0 Å². The van der Waals surface area contributed by atoms with Crippen LogP contribution in [0.25, 0.3) is 0 Å². The van der Waals surface area contributed by atoms with Crippen LogP contribution in [0.4, 0.5) is 0 Å². The standard InChI is InChI=1S/C42H70N4O4/c1-5-33-49-39-25-17-15-23-37(39)35-43-29-19-11-13-27-41(47)45(3)31-21-9-7-8-10-22-32-46(4)42(48)28-14-12-20-30-44-36-38-24-16-18-26-40(38)50-34-6-2/h15-18,23-26,43-44H,5-14,19-22,27-36H2,1-4H3. The predicted molar refractivity (Wildman–Crippen MR) is 208 cm³/mol. The van der Waals surface area contributed by atoms with Crippen LogP contribution in [-0.2, 0) is 22.7 Å². The Labute approximate surface area is 305 Å². The van der Waals surface area contributed by atoms with Crippen molar-refractivity contribution >= 4 is 11.8 Å². The Hall–Kier alpha value is -3.10. The second-order valence-electron chi connectivity index (χ2n) is 13.6. The Balaban J connectivity index is 1.37. The van der Waals surface area contributed by atoms with Crippen molar-refractivity contribution in [2.45, 2.75) is 130 Å². The van der Waals surface area contributed by atoms with Gasteiger partial charge in [-0.25, -0.2) is 0 Å². The van der Waals surface area contributed by atoms with E-state index in [4.69, 9.17) is 9.47 Å². The van der Waals surface area contributed by atoms with Crippen molar-refractivity contribution in [1.29, 1.82) is 0 Å². The van der Waals surface area contributed by atoms with Crippen LogP contribution in [0.15, 0.2) is 48.5 Å². The maximum atomic E-state index is 12.5. The number of carbonyl (C=O) groups excluding carboxylic acids is 2. The van der Waals surface area contributed by atoms with Crippen molar-refractivity contribution in [2.75, 3.05) is 53.5 Å². The van der Waals surface area contributed by atoms with Gasteiger partial charge in [0.1, 0.15) is 11.5 Å². The van der Waals surface area contributed by atoms with E-state index in [2.05, 4.69) is 48.7 Å². The fourth-order valence-electron chi connectivity index (χ4n) is 5.89. The lowest BCUT2D eigenvalue weighted by Crippen LogP contribution is -2.27. The lowest BCUT2D eigenvalue weighted by atomic mass is 10.1. The Bertz CT molecular complexity index is 1070. The van der Waals surface area contributed by atoms with Crippen LogP contribution in [0.3, 0.4) is 0 Å². The first kappa shape index (κ1) is 43.1. The SMILES string of the molecule is CCCOc1ccccc1CNCCCCCC(=O)N(C)CCCCCCCCN(C)C(=O)CCCCCNCc1ccccc1OCCC. The summed E-state index contributed by atoms with van der Waals surface area (Å²) < 4.78 is 11.7. The molecule has 0 spiro atoms. The van der Waals surface area contributed by atoms with Gasteiger partial charge in [-0.3, -0.25) is 9.59 Å². The summed E-state index contributed by atoms with van der Waals surface area (Å²) in [5.41, 5.74) is 2.40. The zero-order chi connectivity index (χ0) is 36.1. The molecule has 282 valence electrons. The molecule has 2 aromatic carbocycles. The van der Waals surface area contributed by atoms with E-state index in [1.165, 1.54) is 24.0 Å². The van der Waals surface area contributed by atoms with E-state index in [0.717, 1.165) is 141 Å². The highest BCUT2D eigenvalue weighted by molar-refractivity contribution is 5.76. The lowest BCUT2D eigenvalue weighted by Gasteiger charge is -2.18. The van der Waals surface area contributed by atoms with Gasteiger partial charge in [0.25, 0.3) is 0 Å². The lowest BCUT2D eigenvalue weighted by molar-refractivity contribution is -0.130. The molecule has 2 aromatic rings. The number of benzene rings is 2. The number of para-hydroxylation sites is 2. The highest BCUT2D eigenvalue weighted by Crippen LogP contribution is 2.19. The number of carbonyl (C=O) groups is 2. The van der Waals surface area contributed by atoms with Crippen LogP contribution < -0.4 is 20.1 Å². The van der Waals surface area contributed by atoms with Gasteiger partial charge in [-0.1, -0.05) is 88.8 Å². The first-order chi connectivity index (χ1) is 24.5. The Morgan fingerprint density at radius 1 is 0.540 bits per heavy atom. The Morgan fingerprint density at radius 3 is 1.34 bits per heavy atom. The van der Waals surface area contributed by atoms with Gasteiger partial charge < -0.3 is 29.9 Å². The van der Waals surface area contributed by atoms with Crippen molar-refractivity contribution in [3.63, 3.8) is 0 Å². The molecule has 0 atom stereocenters. The molecule has 0 heterocycles. The third-order valence-electron chi connectivity index (χ3n) is 9.08. The quantitative estimate of drug-likeness (QED) is 0.0771. The first-order valence-corrected chi connectivity index (χ1v) is 19.8. The molecule has 0 radical (unpaired) electrons. The molecule has 2 N–H and O–H groups in total. The number of rotatable bonds is 31. The van der Waals surface area contributed by atoms with Gasteiger partial charge >= 0.3 is 0 Å². The minimum Gasteiger partial charge on any atom is -0.493 e. The summed E-state index contributed by atoms with van der Waals surface area (Å²) in [5, 5.41) is 7.04. The number of unbranched alkanes of at least 4 members (excludes halogenated alkanes) is 9.